The Morgan fingerprint density at radius 2 is 1.92 bits per heavy atom. The molecule has 0 atom stereocenters. The van der Waals surface area contributed by atoms with Crippen LogP contribution < -0.4 is 14.8 Å². The molecule has 1 aromatic heterocycles. The van der Waals surface area contributed by atoms with E-state index in [1.807, 2.05) is 0 Å². The smallest absolute Gasteiger partial charge is 0.260 e. The summed E-state index contributed by atoms with van der Waals surface area (Å²) in [5.41, 5.74) is 0.898. The maximum atomic E-state index is 13.7. The van der Waals surface area contributed by atoms with Gasteiger partial charge >= 0.3 is 0 Å². The number of aromatic nitrogens is 1. The summed E-state index contributed by atoms with van der Waals surface area (Å²) in [7, 11) is 3.08. The Morgan fingerprint density at radius 3 is 2.65 bits per heavy atom. The van der Waals surface area contributed by atoms with Crippen LogP contribution in [-0.4, -0.2) is 25.1 Å². The van der Waals surface area contributed by atoms with Gasteiger partial charge in [-0.3, -0.25) is 10.1 Å². The second kappa shape index (κ2) is 7.49. The molecule has 3 aromatic rings. The van der Waals surface area contributed by atoms with Crippen molar-refractivity contribution in [3.05, 3.63) is 59.0 Å². The van der Waals surface area contributed by atoms with Crippen molar-refractivity contribution < 1.29 is 23.0 Å². The van der Waals surface area contributed by atoms with Crippen LogP contribution in [0.4, 0.5) is 13.9 Å². The zero-order valence-corrected chi connectivity index (χ0v) is 14.7. The van der Waals surface area contributed by atoms with E-state index in [9.17, 15) is 13.6 Å². The topological polar surface area (TPSA) is 60.5 Å². The first-order chi connectivity index (χ1) is 12.5. The maximum Gasteiger partial charge on any atom is 0.260 e. The summed E-state index contributed by atoms with van der Waals surface area (Å²) < 4.78 is 37.4. The second-order valence-electron chi connectivity index (χ2n) is 5.18. The van der Waals surface area contributed by atoms with Gasteiger partial charge in [0.1, 0.15) is 23.1 Å². The standard InChI is InChI=1S/C18H14F2N2O3S/c1-24-11-4-5-12(16(8-11)25-2)15-9-26-18(21-15)22-17(23)13-7-10(19)3-6-14(13)20/h3-9H,1-2H3,(H,21,22,23). The van der Waals surface area contributed by atoms with Gasteiger partial charge in [0.05, 0.1) is 25.5 Å². The number of nitrogens with zero attached hydrogens (tertiary/aromatic N) is 1. The minimum absolute atomic E-state index is 0.256. The molecule has 8 heteroatoms. The van der Waals surface area contributed by atoms with Crippen LogP contribution in [0, 0.1) is 11.6 Å². The first-order valence-electron chi connectivity index (χ1n) is 7.46. The average molecular weight is 376 g/mol. The zero-order valence-electron chi connectivity index (χ0n) is 13.9. The number of methoxy groups -OCH3 is 2. The zero-order chi connectivity index (χ0) is 18.7. The molecule has 0 saturated carbocycles. The van der Waals surface area contributed by atoms with Crippen molar-refractivity contribution in [2.75, 3.05) is 19.5 Å². The number of amides is 1. The van der Waals surface area contributed by atoms with E-state index >= 15 is 0 Å². The molecule has 0 aliphatic carbocycles. The summed E-state index contributed by atoms with van der Waals surface area (Å²) in [5.74, 6) is -1.08. The molecular formula is C18H14F2N2O3S. The van der Waals surface area contributed by atoms with Crippen molar-refractivity contribution in [2.24, 2.45) is 0 Å². The molecule has 0 aliphatic rings. The third-order valence-corrected chi connectivity index (χ3v) is 4.34. The lowest BCUT2D eigenvalue weighted by Gasteiger charge is -2.08. The normalized spacial score (nSPS) is 10.5. The molecular weight excluding hydrogens is 362 g/mol. The van der Waals surface area contributed by atoms with Gasteiger partial charge in [0.15, 0.2) is 5.13 Å². The minimum atomic E-state index is -0.808. The van der Waals surface area contributed by atoms with Gasteiger partial charge in [-0.2, -0.15) is 0 Å². The van der Waals surface area contributed by atoms with Gasteiger partial charge in [-0.1, -0.05) is 0 Å². The number of halogens is 2. The summed E-state index contributed by atoms with van der Waals surface area (Å²) >= 11 is 1.16. The number of thiazole rings is 1. The van der Waals surface area contributed by atoms with E-state index in [2.05, 4.69) is 10.3 Å². The molecule has 0 bridgehead atoms. The molecule has 1 heterocycles. The monoisotopic (exact) mass is 376 g/mol. The fraction of sp³-hybridized carbons (Fsp3) is 0.111. The molecule has 1 N–H and O–H groups in total. The largest absolute Gasteiger partial charge is 0.497 e. The van der Waals surface area contributed by atoms with Gasteiger partial charge in [0.2, 0.25) is 0 Å². The fourth-order valence-corrected chi connectivity index (χ4v) is 3.01. The molecule has 0 saturated heterocycles. The summed E-state index contributed by atoms with van der Waals surface area (Å²) in [5, 5.41) is 4.45. The highest BCUT2D eigenvalue weighted by atomic mass is 32.1. The van der Waals surface area contributed by atoms with Gasteiger partial charge in [-0.25, -0.2) is 13.8 Å². The Kier molecular flexibility index (Phi) is 5.13. The van der Waals surface area contributed by atoms with Crippen molar-refractivity contribution in [3.63, 3.8) is 0 Å². The summed E-state index contributed by atoms with van der Waals surface area (Å²) in [4.78, 5) is 16.5. The van der Waals surface area contributed by atoms with E-state index in [4.69, 9.17) is 9.47 Å². The van der Waals surface area contributed by atoms with Gasteiger partial charge < -0.3 is 9.47 Å². The number of anilines is 1. The number of ether oxygens (including phenoxy) is 2. The van der Waals surface area contributed by atoms with Crippen LogP contribution in [-0.2, 0) is 0 Å². The van der Waals surface area contributed by atoms with Crippen LogP contribution in [0.15, 0.2) is 41.8 Å². The van der Waals surface area contributed by atoms with Gasteiger partial charge in [-0.05, 0) is 30.3 Å². The molecule has 2 aromatic carbocycles. The third-order valence-electron chi connectivity index (χ3n) is 3.58. The fourth-order valence-electron chi connectivity index (χ4n) is 2.30. The summed E-state index contributed by atoms with van der Waals surface area (Å²) in [6.07, 6.45) is 0. The van der Waals surface area contributed by atoms with Gasteiger partial charge in [0.25, 0.3) is 5.91 Å². The highest BCUT2D eigenvalue weighted by Crippen LogP contribution is 2.34. The molecule has 26 heavy (non-hydrogen) atoms. The number of nitrogens with one attached hydrogen (secondary N) is 1. The molecule has 0 radical (unpaired) electrons. The molecule has 1 amide bonds. The maximum absolute atomic E-state index is 13.7. The van der Waals surface area contributed by atoms with Crippen LogP contribution in [0.25, 0.3) is 11.3 Å². The predicted octanol–water partition coefficient (Wildman–Crippen LogP) is 4.36. The molecule has 5 nitrogen and oxygen atoms in total. The quantitative estimate of drug-likeness (QED) is 0.719. The Labute approximate surface area is 152 Å². The van der Waals surface area contributed by atoms with E-state index in [1.54, 1.807) is 30.7 Å². The summed E-state index contributed by atoms with van der Waals surface area (Å²) in [6.45, 7) is 0. The SMILES string of the molecule is COc1ccc(-c2csc(NC(=O)c3cc(F)ccc3F)n2)c(OC)c1. The highest BCUT2D eigenvalue weighted by Gasteiger charge is 2.16. The lowest BCUT2D eigenvalue weighted by atomic mass is 10.1. The highest BCUT2D eigenvalue weighted by molar-refractivity contribution is 7.14. The second-order valence-corrected chi connectivity index (χ2v) is 6.04. The number of benzene rings is 2. The molecule has 0 fully saturated rings. The lowest BCUT2D eigenvalue weighted by molar-refractivity contribution is 0.102. The predicted molar refractivity (Wildman–Crippen MR) is 95.0 cm³/mol. The van der Waals surface area contributed by atoms with Crippen molar-refractivity contribution >= 4 is 22.4 Å². The average Bonchev–Trinajstić information content (AvgIpc) is 3.11. The van der Waals surface area contributed by atoms with Gasteiger partial charge in [0, 0.05) is 17.0 Å². The van der Waals surface area contributed by atoms with Crippen LogP contribution >= 0.6 is 11.3 Å². The van der Waals surface area contributed by atoms with E-state index < -0.39 is 17.5 Å². The van der Waals surface area contributed by atoms with Crippen molar-refractivity contribution in [1.29, 1.82) is 0 Å². The Balaban J connectivity index is 1.84. The van der Waals surface area contributed by atoms with E-state index in [-0.39, 0.29) is 10.7 Å². The van der Waals surface area contributed by atoms with E-state index in [1.165, 1.54) is 7.11 Å². The lowest BCUT2D eigenvalue weighted by Crippen LogP contribution is -2.14. The first kappa shape index (κ1) is 17.8. The van der Waals surface area contributed by atoms with Crippen LogP contribution in [0.5, 0.6) is 11.5 Å². The van der Waals surface area contributed by atoms with Crippen molar-refractivity contribution in [1.82, 2.24) is 4.98 Å². The summed E-state index contributed by atoms with van der Waals surface area (Å²) in [6, 6.07) is 7.95. The van der Waals surface area contributed by atoms with Gasteiger partial charge in [-0.15, -0.1) is 11.3 Å². The molecule has 0 spiro atoms. The Hall–Kier alpha value is -3.00. The Morgan fingerprint density at radius 1 is 1.12 bits per heavy atom. The first-order valence-corrected chi connectivity index (χ1v) is 8.34. The van der Waals surface area contributed by atoms with Crippen molar-refractivity contribution in [2.45, 2.75) is 0 Å². The van der Waals surface area contributed by atoms with Crippen LogP contribution in [0.3, 0.4) is 0 Å². The molecule has 134 valence electrons. The molecule has 3 rings (SSSR count). The number of carbonyl (C=O) groups excluding carboxylic acids is 1. The third kappa shape index (κ3) is 3.65. The number of hydrogen-bond acceptors (Lipinski definition) is 5. The molecule has 0 aliphatic heterocycles. The number of hydrogen-bond donors (Lipinski definition) is 1. The number of rotatable bonds is 5. The van der Waals surface area contributed by atoms with Crippen LogP contribution in [0.2, 0.25) is 0 Å². The minimum Gasteiger partial charge on any atom is -0.497 e. The molecule has 0 unspecified atom stereocenters. The van der Waals surface area contributed by atoms with Crippen molar-refractivity contribution in [3.8, 4) is 22.8 Å². The van der Waals surface area contributed by atoms with Crippen LogP contribution in [0.1, 0.15) is 10.4 Å². The number of carbonyl (C=O) groups is 1. The van der Waals surface area contributed by atoms with E-state index in [0.717, 1.165) is 29.5 Å². The van der Waals surface area contributed by atoms with E-state index in [0.29, 0.717) is 22.8 Å². The Bertz CT molecular complexity index is 959.